The van der Waals surface area contributed by atoms with Crippen molar-refractivity contribution in [3.05, 3.63) is 58.1 Å². The van der Waals surface area contributed by atoms with Crippen molar-refractivity contribution in [1.82, 2.24) is 0 Å². The number of anilines is 2. The van der Waals surface area contributed by atoms with Crippen LogP contribution in [0.25, 0.3) is 0 Å². The van der Waals surface area contributed by atoms with Crippen molar-refractivity contribution in [3.63, 3.8) is 0 Å². The highest BCUT2D eigenvalue weighted by molar-refractivity contribution is 6.15. The lowest BCUT2D eigenvalue weighted by Crippen LogP contribution is -2.61. The van der Waals surface area contributed by atoms with Crippen LogP contribution in [0.3, 0.4) is 0 Å². The number of para-hydroxylation sites is 2. The second-order valence-electron chi connectivity index (χ2n) is 7.89. The molecule has 172 valence electrons. The number of nitro benzene ring substituents is 1. The predicted octanol–water partition coefficient (Wildman–Crippen LogP) is 3.45. The van der Waals surface area contributed by atoms with Crippen molar-refractivity contribution in [1.29, 1.82) is 0 Å². The van der Waals surface area contributed by atoms with Crippen LogP contribution in [-0.2, 0) is 14.3 Å². The van der Waals surface area contributed by atoms with Gasteiger partial charge in [-0.1, -0.05) is 25.0 Å². The quantitative estimate of drug-likeness (QED) is 0.403. The molecule has 0 radical (unpaired) electrons. The van der Waals surface area contributed by atoms with Crippen LogP contribution >= 0.6 is 0 Å². The van der Waals surface area contributed by atoms with Crippen LogP contribution in [0.2, 0.25) is 0 Å². The van der Waals surface area contributed by atoms with Gasteiger partial charge in [0, 0.05) is 6.07 Å². The van der Waals surface area contributed by atoms with Gasteiger partial charge in [0.05, 0.1) is 28.5 Å². The summed E-state index contributed by atoms with van der Waals surface area (Å²) in [5, 5.41) is 14.2. The molecule has 2 aromatic rings. The van der Waals surface area contributed by atoms with Crippen molar-refractivity contribution in [2.45, 2.75) is 38.1 Å². The molecular formula is C23H23N3O7. The minimum atomic E-state index is -1.02. The first kappa shape index (κ1) is 22.3. The maximum absolute atomic E-state index is 13.3. The Hall–Kier alpha value is -3.95. The van der Waals surface area contributed by atoms with E-state index in [1.807, 2.05) is 0 Å². The number of nitrogens with one attached hydrogen (secondary N) is 1. The van der Waals surface area contributed by atoms with E-state index in [1.54, 1.807) is 31.2 Å². The number of nitro groups is 1. The lowest BCUT2D eigenvalue weighted by molar-refractivity contribution is -0.385. The number of amides is 2. The molecule has 10 nitrogen and oxygen atoms in total. The number of nitrogens with zero attached hydrogens (tertiary/aromatic N) is 2. The molecule has 1 aliphatic carbocycles. The van der Waals surface area contributed by atoms with Gasteiger partial charge >= 0.3 is 11.7 Å². The molecule has 0 saturated heterocycles. The lowest BCUT2D eigenvalue weighted by Gasteiger charge is -2.44. The molecule has 0 bridgehead atoms. The summed E-state index contributed by atoms with van der Waals surface area (Å²) >= 11 is 0. The zero-order chi connectivity index (χ0) is 23.6. The molecule has 0 unspecified atom stereocenters. The highest BCUT2D eigenvalue weighted by atomic mass is 16.6. The van der Waals surface area contributed by atoms with Gasteiger partial charge in [-0.25, -0.2) is 4.79 Å². The van der Waals surface area contributed by atoms with E-state index in [0.29, 0.717) is 24.2 Å². The van der Waals surface area contributed by atoms with Crippen LogP contribution in [0.1, 0.15) is 43.0 Å². The van der Waals surface area contributed by atoms with Crippen molar-refractivity contribution >= 4 is 34.8 Å². The Kier molecular flexibility index (Phi) is 5.99. The molecule has 10 heteroatoms. The number of rotatable bonds is 6. The number of ether oxygens (including phenoxy) is 2. The Bertz CT molecular complexity index is 1120. The first-order valence-corrected chi connectivity index (χ1v) is 10.7. The largest absolute Gasteiger partial charge is 0.487 e. The normalized spacial score (nSPS) is 16.2. The molecule has 1 aliphatic heterocycles. The Morgan fingerprint density at radius 1 is 1.18 bits per heavy atom. The number of benzene rings is 2. The summed E-state index contributed by atoms with van der Waals surface area (Å²) in [6.07, 6.45) is 2.62. The molecule has 1 N–H and O–H groups in total. The Morgan fingerprint density at radius 3 is 2.61 bits per heavy atom. The summed E-state index contributed by atoms with van der Waals surface area (Å²) in [5.41, 5.74) is -0.399. The topological polar surface area (TPSA) is 128 Å². The average Bonchev–Trinajstić information content (AvgIpc) is 3.29. The smallest absolute Gasteiger partial charge is 0.338 e. The zero-order valence-electron chi connectivity index (χ0n) is 18.0. The van der Waals surface area contributed by atoms with Crippen molar-refractivity contribution in [3.8, 4) is 5.75 Å². The molecule has 2 aromatic carbocycles. The SMILES string of the molecule is CCOc1ccc(C(=O)OCC(=O)N2c3ccccc3NC(=O)C23CCCC3)cc1[N+](=O)[O-]. The molecule has 1 heterocycles. The Morgan fingerprint density at radius 2 is 1.91 bits per heavy atom. The average molecular weight is 453 g/mol. The number of hydrogen-bond donors (Lipinski definition) is 1. The Balaban J connectivity index is 1.56. The fourth-order valence-corrected chi connectivity index (χ4v) is 4.47. The van der Waals surface area contributed by atoms with Crippen LogP contribution in [0.15, 0.2) is 42.5 Å². The van der Waals surface area contributed by atoms with E-state index in [-0.39, 0.29) is 29.5 Å². The number of hydrogen-bond acceptors (Lipinski definition) is 7. The third-order valence-electron chi connectivity index (χ3n) is 5.94. The molecule has 1 spiro atoms. The van der Waals surface area contributed by atoms with E-state index in [4.69, 9.17) is 9.47 Å². The molecule has 1 fully saturated rings. The number of esters is 1. The molecule has 2 amide bonds. The van der Waals surface area contributed by atoms with E-state index in [0.717, 1.165) is 18.9 Å². The van der Waals surface area contributed by atoms with Crippen LogP contribution in [-0.4, -0.2) is 41.5 Å². The van der Waals surface area contributed by atoms with Crippen LogP contribution in [0.4, 0.5) is 17.1 Å². The summed E-state index contributed by atoms with van der Waals surface area (Å²) in [6.45, 7) is 1.31. The van der Waals surface area contributed by atoms with Gasteiger partial charge in [-0.05, 0) is 44.0 Å². The molecular weight excluding hydrogens is 430 g/mol. The van der Waals surface area contributed by atoms with E-state index in [2.05, 4.69) is 5.32 Å². The number of fused-ring (bicyclic) bond motifs is 1. The van der Waals surface area contributed by atoms with Gasteiger partial charge in [0.25, 0.3) is 11.8 Å². The van der Waals surface area contributed by atoms with E-state index in [9.17, 15) is 24.5 Å². The van der Waals surface area contributed by atoms with Gasteiger partial charge in [-0.15, -0.1) is 0 Å². The van der Waals surface area contributed by atoms with Crippen LogP contribution in [0.5, 0.6) is 5.75 Å². The standard InChI is InChI=1S/C23H23N3O7/c1-2-32-19-10-9-15(13-18(19)26(30)31)21(28)33-14-20(27)25-17-8-4-3-7-16(17)24-22(29)23(25)11-5-6-12-23/h3-4,7-10,13H,2,5-6,11-12,14H2,1H3,(H,24,29). The molecule has 4 rings (SSSR count). The first-order valence-electron chi connectivity index (χ1n) is 10.7. The lowest BCUT2D eigenvalue weighted by atomic mass is 9.90. The van der Waals surface area contributed by atoms with E-state index < -0.39 is 28.9 Å². The third kappa shape index (κ3) is 3.99. The summed E-state index contributed by atoms with van der Waals surface area (Å²) < 4.78 is 10.4. The number of carbonyl (C=O) groups excluding carboxylic acids is 3. The maximum Gasteiger partial charge on any atom is 0.338 e. The van der Waals surface area contributed by atoms with Gasteiger partial charge in [-0.2, -0.15) is 0 Å². The molecule has 33 heavy (non-hydrogen) atoms. The van der Waals surface area contributed by atoms with Crippen LogP contribution < -0.4 is 15.0 Å². The number of carbonyl (C=O) groups is 3. The van der Waals surface area contributed by atoms with Gasteiger partial charge in [-0.3, -0.25) is 24.6 Å². The highest BCUT2D eigenvalue weighted by Crippen LogP contribution is 2.45. The summed E-state index contributed by atoms with van der Waals surface area (Å²) in [4.78, 5) is 50.9. The fraction of sp³-hybridized carbons (Fsp3) is 0.348. The maximum atomic E-state index is 13.3. The third-order valence-corrected chi connectivity index (χ3v) is 5.94. The zero-order valence-corrected chi connectivity index (χ0v) is 18.0. The van der Waals surface area contributed by atoms with Crippen molar-refractivity contribution < 1.29 is 28.8 Å². The van der Waals surface area contributed by atoms with Crippen molar-refractivity contribution in [2.24, 2.45) is 0 Å². The van der Waals surface area contributed by atoms with Gasteiger partial charge in [0.15, 0.2) is 12.4 Å². The fourth-order valence-electron chi connectivity index (χ4n) is 4.47. The van der Waals surface area contributed by atoms with E-state index >= 15 is 0 Å². The second kappa shape index (κ2) is 8.89. The summed E-state index contributed by atoms with van der Waals surface area (Å²) in [7, 11) is 0. The summed E-state index contributed by atoms with van der Waals surface area (Å²) in [6, 6.07) is 10.7. The second-order valence-corrected chi connectivity index (χ2v) is 7.89. The van der Waals surface area contributed by atoms with Crippen LogP contribution in [0, 0.1) is 10.1 Å². The van der Waals surface area contributed by atoms with E-state index in [1.165, 1.54) is 17.0 Å². The molecule has 1 saturated carbocycles. The first-order chi connectivity index (χ1) is 15.9. The molecule has 2 aliphatic rings. The van der Waals surface area contributed by atoms with Gasteiger partial charge < -0.3 is 14.8 Å². The summed E-state index contributed by atoms with van der Waals surface area (Å²) in [5.74, 6) is -1.63. The minimum Gasteiger partial charge on any atom is -0.487 e. The Labute approximate surface area is 189 Å². The minimum absolute atomic E-state index is 0.0363. The molecule has 0 aromatic heterocycles. The van der Waals surface area contributed by atoms with Gasteiger partial charge in [0.2, 0.25) is 0 Å². The highest BCUT2D eigenvalue weighted by Gasteiger charge is 2.52. The monoisotopic (exact) mass is 453 g/mol. The predicted molar refractivity (Wildman–Crippen MR) is 118 cm³/mol. The van der Waals surface area contributed by atoms with Gasteiger partial charge in [0.1, 0.15) is 5.54 Å². The molecule has 0 atom stereocenters. The van der Waals surface area contributed by atoms with Crippen molar-refractivity contribution in [2.75, 3.05) is 23.4 Å².